The zero-order valence-electron chi connectivity index (χ0n) is 11.8. The predicted octanol–water partition coefficient (Wildman–Crippen LogP) is 1.36. The van der Waals surface area contributed by atoms with E-state index in [0.717, 1.165) is 6.26 Å². The van der Waals surface area contributed by atoms with Crippen molar-refractivity contribution in [3.63, 3.8) is 0 Å². The second-order valence-corrected chi connectivity index (χ2v) is 8.27. The molecule has 0 radical (unpaired) electrons. The molecule has 110 valence electrons. The van der Waals surface area contributed by atoms with E-state index in [1.165, 1.54) is 0 Å². The molecule has 1 aliphatic carbocycles. The van der Waals surface area contributed by atoms with Crippen LogP contribution in [0.15, 0.2) is 0 Å². The molecule has 1 saturated carbocycles. The zero-order valence-corrected chi connectivity index (χ0v) is 12.6. The van der Waals surface area contributed by atoms with Gasteiger partial charge in [0.1, 0.15) is 5.60 Å². The first-order valence-electron chi connectivity index (χ1n) is 6.34. The van der Waals surface area contributed by atoms with Crippen molar-refractivity contribution < 1.29 is 22.1 Å². The van der Waals surface area contributed by atoms with Crippen molar-refractivity contribution in [3.8, 4) is 0 Å². The number of nitrogens with zero attached hydrogens (tertiary/aromatic N) is 1. The van der Waals surface area contributed by atoms with Gasteiger partial charge in [0.25, 0.3) is 10.1 Å². The Morgan fingerprint density at radius 3 is 2.21 bits per heavy atom. The fourth-order valence-corrected chi connectivity index (χ4v) is 3.33. The molecule has 7 heteroatoms. The van der Waals surface area contributed by atoms with Crippen LogP contribution in [0.2, 0.25) is 0 Å². The van der Waals surface area contributed by atoms with Crippen molar-refractivity contribution in [2.75, 3.05) is 19.3 Å². The molecule has 0 N–H and O–H groups in total. The van der Waals surface area contributed by atoms with Crippen molar-refractivity contribution in [1.82, 2.24) is 4.90 Å². The third-order valence-electron chi connectivity index (χ3n) is 3.34. The minimum atomic E-state index is -3.38. The van der Waals surface area contributed by atoms with Gasteiger partial charge in [-0.2, -0.15) is 8.42 Å². The zero-order chi connectivity index (χ0) is 14.5. The molecule has 0 aromatic heterocycles. The van der Waals surface area contributed by atoms with E-state index in [0.29, 0.717) is 25.9 Å². The average Bonchev–Trinajstić information content (AvgIpc) is 2.00. The molecular formula is C12H21NO5S. The lowest BCUT2D eigenvalue weighted by Gasteiger charge is -2.57. The van der Waals surface area contributed by atoms with Crippen LogP contribution >= 0.6 is 0 Å². The molecule has 1 heterocycles. The Balaban J connectivity index is 1.75. The largest absolute Gasteiger partial charge is 0.444 e. The fourth-order valence-electron chi connectivity index (χ4n) is 2.70. The Bertz CT molecular complexity index is 465. The third kappa shape index (κ3) is 3.60. The van der Waals surface area contributed by atoms with Crippen LogP contribution < -0.4 is 0 Å². The third-order valence-corrected chi connectivity index (χ3v) is 3.96. The summed E-state index contributed by atoms with van der Waals surface area (Å²) in [5, 5.41) is 0. The molecule has 0 aromatic rings. The quantitative estimate of drug-likeness (QED) is 0.718. The molecule has 0 atom stereocenters. The Morgan fingerprint density at radius 2 is 1.79 bits per heavy atom. The molecular weight excluding hydrogens is 270 g/mol. The van der Waals surface area contributed by atoms with Gasteiger partial charge in [-0.15, -0.1) is 0 Å². The lowest BCUT2D eigenvalue weighted by molar-refractivity contribution is -0.115. The highest BCUT2D eigenvalue weighted by Crippen LogP contribution is 2.50. The summed E-state index contributed by atoms with van der Waals surface area (Å²) in [4.78, 5) is 13.4. The van der Waals surface area contributed by atoms with Gasteiger partial charge < -0.3 is 9.64 Å². The SMILES string of the molecule is CC(C)(C)OC(=O)N1CC2(CC(OS(C)(=O)=O)C2)C1. The number of hydrogen-bond donors (Lipinski definition) is 0. The summed E-state index contributed by atoms with van der Waals surface area (Å²) in [6.07, 6.45) is 1.92. The Hall–Kier alpha value is -0.820. The first-order chi connectivity index (χ1) is 8.48. The molecule has 19 heavy (non-hydrogen) atoms. The summed E-state index contributed by atoms with van der Waals surface area (Å²) < 4.78 is 32.1. The standard InChI is InChI=1S/C12H21NO5S/c1-11(2,3)17-10(14)13-7-12(8-13)5-9(6-12)18-19(4,15)16/h9H,5-8H2,1-4H3. The van der Waals surface area contributed by atoms with Gasteiger partial charge in [-0.1, -0.05) is 0 Å². The van der Waals surface area contributed by atoms with Gasteiger partial charge in [0.15, 0.2) is 0 Å². The lowest BCUT2D eigenvalue weighted by atomic mass is 9.62. The Labute approximate surface area is 114 Å². The second-order valence-electron chi connectivity index (χ2n) is 6.67. The van der Waals surface area contributed by atoms with Gasteiger partial charge in [-0.25, -0.2) is 4.79 Å². The van der Waals surface area contributed by atoms with Crippen molar-refractivity contribution in [1.29, 1.82) is 0 Å². The average molecular weight is 291 g/mol. The maximum absolute atomic E-state index is 11.8. The minimum Gasteiger partial charge on any atom is -0.444 e. The van der Waals surface area contributed by atoms with Crippen LogP contribution in [0.1, 0.15) is 33.6 Å². The number of amides is 1. The first-order valence-corrected chi connectivity index (χ1v) is 8.16. The van der Waals surface area contributed by atoms with Gasteiger partial charge in [0.05, 0.1) is 12.4 Å². The van der Waals surface area contributed by atoms with Crippen LogP contribution in [0.5, 0.6) is 0 Å². The van der Waals surface area contributed by atoms with Crippen molar-refractivity contribution >= 4 is 16.2 Å². The van der Waals surface area contributed by atoms with Gasteiger partial charge in [0, 0.05) is 18.5 Å². The molecule has 1 aliphatic heterocycles. The minimum absolute atomic E-state index is 0.0479. The molecule has 1 amide bonds. The summed E-state index contributed by atoms with van der Waals surface area (Å²) in [5.74, 6) is 0. The smallest absolute Gasteiger partial charge is 0.410 e. The summed E-state index contributed by atoms with van der Waals surface area (Å²) >= 11 is 0. The fraction of sp³-hybridized carbons (Fsp3) is 0.917. The number of likely N-dealkylation sites (tertiary alicyclic amines) is 1. The summed E-state index contributed by atoms with van der Waals surface area (Å²) in [7, 11) is -3.38. The molecule has 2 fully saturated rings. The summed E-state index contributed by atoms with van der Waals surface area (Å²) in [5.41, 5.74) is -0.437. The van der Waals surface area contributed by atoms with E-state index in [1.807, 2.05) is 20.8 Å². The van der Waals surface area contributed by atoms with Crippen LogP contribution in [0.4, 0.5) is 4.79 Å². The lowest BCUT2D eigenvalue weighted by Crippen LogP contribution is -2.65. The van der Waals surface area contributed by atoms with E-state index in [2.05, 4.69) is 0 Å². The number of rotatable bonds is 2. The van der Waals surface area contributed by atoms with Crippen LogP contribution in [-0.2, 0) is 19.0 Å². The van der Waals surface area contributed by atoms with Crippen molar-refractivity contribution in [3.05, 3.63) is 0 Å². The highest BCUT2D eigenvalue weighted by Gasteiger charge is 2.55. The number of hydrogen-bond acceptors (Lipinski definition) is 5. The highest BCUT2D eigenvalue weighted by molar-refractivity contribution is 7.86. The van der Waals surface area contributed by atoms with E-state index < -0.39 is 15.7 Å². The monoisotopic (exact) mass is 291 g/mol. The predicted molar refractivity (Wildman–Crippen MR) is 69.2 cm³/mol. The Morgan fingerprint density at radius 1 is 1.26 bits per heavy atom. The Kier molecular flexibility index (Phi) is 3.33. The van der Waals surface area contributed by atoms with Crippen LogP contribution in [0.25, 0.3) is 0 Å². The summed E-state index contributed by atoms with van der Waals surface area (Å²) in [6, 6.07) is 0. The van der Waals surface area contributed by atoms with Gasteiger partial charge in [-0.3, -0.25) is 4.18 Å². The number of carbonyl (C=O) groups excluding carboxylic acids is 1. The maximum atomic E-state index is 11.8. The topological polar surface area (TPSA) is 72.9 Å². The van der Waals surface area contributed by atoms with Crippen molar-refractivity contribution in [2.45, 2.75) is 45.3 Å². The highest BCUT2D eigenvalue weighted by atomic mass is 32.2. The molecule has 0 bridgehead atoms. The normalized spacial score (nSPS) is 22.8. The molecule has 2 aliphatic rings. The van der Waals surface area contributed by atoms with Gasteiger partial charge >= 0.3 is 6.09 Å². The number of carbonyl (C=O) groups is 1. The van der Waals surface area contributed by atoms with E-state index in [4.69, 9.17) is 8.92 Å². The van der Waals surface area contributed by atoms with E-state index in [9.17, 15) is 13.2 Å². The van der Waals surface area contributed by atoms with Crippen LogP contribution in [0, 0.1) is 5.41 Å². The molecule has 2 rings (SSSR count). The molecule has 1 spiro atoms. The van der Waals surface area contributed by atoms with E-state index in [1.54, 1.807) is 4.90 Å². The van der Waals surface area contributed by atoms with Crippen molar-refractivity contribution in [2.24, 2.45) is 5.41 Å². The molecule has 6 nitrogen and oxygen atoms in total. The molecule has 1 saturated heterocycles. The van der Waals surface area contributed by atoms with Crippen LogP contribution in [0.3, 0.4) is 0 Å². The first kappa shape index (κ1) is 14.6. The van der Waals surface area contributed by atoms with E-state index >= 15 is 0 Å². The van der Waals surface area contributed by atoms with Gasteiger partial charge in [0.2, 0.25) is 0 Å². The molecule has 0 unspecified atom stereocenters. The summed E-state index contributed by atoms with van der Waals surface area (Å²) in [6.45, 7) is 6.76. The van der Waals surface area contributed by atoms with Crippen LogP contribution in [-0.4, -0.2) is 50.5 Å². The molecule has 0 aromatic carbocycles. The second kappa shape index (κ2) is 4.34. The van der Waals surface area contributed by atoms with Gasteiger partial charge in [-0.05, 0) is 33.6 Å². The number of ether oxygens (including phenoxy) is 1. The maximum Gasteiger partial charge on any atom is 0.410 e. The van der Waals surface area contributed by atoms with E-state index in [-0.39, 0.29) is 17.6 Å².